The summed E-state index contributed by atoms with van der Waals surface area (Å²) in [6, 6.07) is 12.6. The van der Waals surface area contributed by atoms with Gasteiger partial charge in [0.1, 0.15) is 5.78 Å². The van der Waals surface area contributed by atoms with Crippen molar-refractivity contribution in [2.45, 2.75) is 58.9 Å². The van der Waals surface area contributed by atoms with E-state index >= 15 is 0 Å². The summed E-state index contributed by atoms with van der Waals surface area (Å²) in [6.07, 6.45) is 6.48. The van der Waals surface area contributed by atoms with Crippen LogP contribution in [0.25, 0.3) is 11.1 Å². The molecule has 1 aromatic carbocycles. The molecule has 35 heavy (non-hydrogen) atoms. The first kappa shape index (κ1) is 23.7. The molecule has 5 nitrogen and oxygen atoms in total. The lowest BCUT2D eigenvalue weighted by atomic mass is 9.49. The Labute approximate surface area is 210 Å². The molecule has 2 aliphatic carbocycles. The quantitative estimate of drug-likeness (QED) is 0.449. The van der Waals surface area contributed by atoms with Gasteiger partial charge in [0.2, 0.25) is 5.88 Å². The summed E-state index contributed by atoms with van der Waals surface area (Å²) in [4.78, 5) is 31.3. The highest BCUT2D eigenvalue weighted by Crippen LogP contribution is 2.58. The number of thiophene rings is 1. The minimum atomic E-state index is 0.0460. The van der Waals surface area contributed by atoms with E-state index < -0.39 is 0 Å². The Balaban J connectivity index is 1.26. The molecule has 182 valence electrons. The van der Waals surface area contributed by atoms with Gasteiger partial charge in [0.15, 0.2) is 0 Å². The van der Waals surface area contributed by atoms with Gasteiger partial charge in [-0.25, -0.2) is 4.98 Å². The second-order valence-electron chi connectivity index (χ2n) is 10.3. The zero-order valence-electron chi connectivity index (χ0n) is 20.8. The largest absolute Gasteiger partial charge is 0.481 e. The van der Waals surface area contributed by atoms with Gasteiger partial charge in [-0.1, -0.05) is 24.3 Å². The van der Waals surface area contributed by atoms with Crippen molar-refractivity contribution in [3.05, 3.63) is 69.0 Å². The molecular weight excluding hydrogens is 456 g/mol. The minimum Gasteiger partial charge on any atom is -0.481 e. The number of aryl methyl sites for hydroxylation is 2. The maximum absolute atomic E-state index is 13.3. The fourth-order valence-electron chi connectivity index (χ4n) is 5.91. The molecule has 0 bridgehead atoms. The summed E-state index contributed by atoms with van der Waals surface area (Å²) in [5.41, 5.74) is 5.61. The zero-order valence-corrected chi connectivity index (χ0v) is 21.6. The van der Waals surface area contributed by atoms with Crippen molar-refractivity contribution in [2.24, 2.45) is 11.3 Å². The molecule has 6 heteroatoms. The Hall–Kier alpha value is -2.99. The Morgan fingerprint density at radius 2 is 1.77 bits per heavy atom. The van der Waals surface area contributed by atoms with Crippen molar-refractivity contribution in [3.63, 3.8) is 0 Å². The number of aromatic nitrogens is 1. The summed E-state index contributed by atoms with van der Waals surface area (Å²) >= 11 is 1.70. The molecular formula is C29H32N2O3S. The zero-order chi connectivity index (χ0) is 24.7. The summed E-state index contributed by atoms with van der Waals surface area (Å²) < 4.78 is 5.24. The fourth-order valence-corrected chi connectivity index (χ4v) is 6.99. The number of ketones is 1. The van der Waals surface area contributed by atoms with E-state index in [9.17, 15) is 9.59 Å². The van der Waals surface area contributed by atoms with Gasteiger partial charge in [-0.3, -0.25) is 9.59 Å². The molecule has 0 unspecified atom stereocenters. The highest BCUT2D eigenvalue weighted by Gasteiger charge is 2.54. The van der Waals surface area contributed by atoms with E-state index in [-0.39, 0.29) is 17.9 Å². The van der Waals surface area contributed by atoms with Crippen LogP contribution in [0.5, 0.6) is 5.88 Å². The number of ether oxygens (including phenoxy) is 1. The highest BCUT2D eigenvalue weighted by atomic mass is 32.1. The minimum absolute atomic E-state index is 0.0460. The monoisotopic (exact) mass is 488 g/mol. The SMILES string of the molecule is COc1cc(-c2ccc(Cc3c(C)sc(C)c3C(=O)NC3CC4(C3)CC(C(C)=O)C4)cc2)ccn1. The first-order valence-corrected chi connectivity index (χ1v) is 13.1. The third kappa shape index (κ3) is 4.64. The number of rotatable bonds is 7. The van der Waals surface area contributed by atoms with E-state index in [1.165, 1.54) is 10.4 Å². The Morgan fingerprint density at radius 1 is 1.06 bits per heavy atom. The van der Waals surface area contributed by atoms with E-state index in [1.807, 2.05) is 19.1 Å². The molecule has 0 saturated heterocycles. The van der Waals surface area contributed by atoms with E-state index in [0.29, 0.717) is 17.1 Å². The smallest absolute Gasteiger partial charge is 0.252 e. The van der Waals surface area contributed by atoms with Crippen molar-refractivity contribution < 1.29 is 14.3 Å². The third-order valence-corrected chi connectivity index (χ3v) is 8.91. The van der Waals surface area contributed by atoms with Gasteiger partial charge in [-0.15, -0.1) is 11.3 Å². The third-order valence-electron chi connectivity index (χ3n) is 7.85. The van der Waals surface area contributed by atoms with Crippen LogP contribution in [0.15, 0.2) is 42.6 Å². The molecule has 3 aromatic rings. The second kappa shape index (κ2) is 9.23. The Morgan fingerprint density at radius 3 is 2.43 bits per heavy atom. The molecule has 2 fully saturated rings. The molecule has 2 heterocycles. The van der Waals surface area contributed by atoms with Gasteiger partial charge in [0.25, 0.3) is 5.91 Å². The van der Waals surface area contributed by atoms with Crippen molar-refractivity contribution in [2.75, 3.05) is 7.11 Å². The van der Waals surface area contributed by atoms with Crippen molar-refractivity contribution in [1.29, 1.82) is 0 Å². The van der Waals surface area contributed by atoms with Crippen LogP contribution in [0.2, 0.25) is 0 Å². The molecule has 0 radical (unpaired) electrons. The number of benzene rings is 1. The topological polar surface area (TPSA) is 68.3 Å². The summed E-state index contributed by atoms with van der Waals surface area (Å²) in [5.74, 6) is 1.20. The number of hydrogen-bond acceptors (Lipinski definition) is 5. The van der Waals surface area contributed by atoms with Crippen molar-refractivity contribution in [3.8, 4) is 17.0 Å². The van der Waals surface area contributed by atoms with Gasteiger partial charge in [-0.05, 0) is 86.6 Å². The van der Waals surface area contributed by atoms with Crippen molar-refractivity contribution >= 4 is 23.0 Å². The van der Waals surface area contributed by atoms with E-state index in [4.69, 9.17) is 4.74 Å². The van der Waals surface area contributed by atoms with Gasteiger partial charge in [0, 0.05) is 34.0 Å². The predicted octanol–water partition coefficient (Wildman–Crippen LogP) is 5.90. The molecule has 2 aromatic heterocycles. The Bertz CT molecular complexity index is 1260. The van der Waals surface area contributed by atoms with Crippen LogP contribution in [0.3, 0.4) is 0 Å². The molecule has 2 aliphatic rings. The number of hydrogen-bond donors (Lipinski definition) is 1. The average Bonchev–Trinajstić information content (AvgIpc) is 3.07. The fraction of sp³-hybridized carbons (Fsp3) is 0.414. The number of methoxy groups -OCH3 is 1. The van der Waals surface area contributed by atoms with Gasteiger partial charge < -0.3 is 10.1 Å². The maximum atomic E-state index is 13.3. The second-order valence-corrected chi connectivity index (χ2v) is 11.8. The molecule has 0 atom stereocenters. The van der Waals surface area contributed by atoms with Crippen LogP contribution in [-0.2, 0) is 11.2 Å². The summed E-state index contributed by atoms with van der Waals surface area (Å²) in [7, 11) is 1.62. The molecule has 1 N–H and O–H groups in total. The number of amides is 1. The summed E-state index contributed by atoms with van der Waals surface area (Å²) in [6.45, 7) is 5.85. The number of carbonyl (C=O) groups excluding carboxylic acids is 2. The van der Waals surface area contributed by atoms with Crippen LogP contribution < -0.4 is 10.1 Å². The van der Waals surface area contributed by atoms with Crippen LogP contribution >= 0.6 is 11.3 Å². The number of carbonyl (C=O) groups is 2. The number of nitrogens with one attached hydrogen (secondary N) is 1. The first-order chi connectivity index (χ1) is 16.8. The number of nitrogens with zero attached hydrogens (tertiary/aromatic N) is 1. The van der Waals surface area contributed by atoms with Gasteiger partial charge in [0.05, 0.1) is 12.7 Å². The van der Waals surface area contributed by atoms with E-state index in [0.717, 1.165) is 59.2 Å². The van der Waals surface area contributed by atoms with Gasteiger partial charge in [-0.2, -0.15) is 0 Å². The number of pyridine rings is 1. The Kier molecular flexibility index (Phi) is 6.26. The molecule has 1 spiro atoms. The molecule has 2 saturated carbocycles. The normalized spacial score (nSPS) is 22.9. The lowest BCUT2D eigenvalue weighted by Gasteiger charge is -2.57. The molecule has 5 rings (SSSR count). The van der Waals surface area contributed by atoms with Crippen LogP contribution in [0.4, 0.5) is 0 Å². The van der Waals surface area contributed by atoms with Crippen molar-refractivity contribution in [1.82, 2.24) is 10.3 Å². The van der Waals surface area contributed by atoms with Crippen LogP contribution in [-0.4, -0.2) is 29.8 Å². The lowest BCUT2D eigenvalue weighted by molar-refractivity contribution is -0.134. The van der Waals surface area contributed by atoms with E-state index in [1.54, 1.807) is 31.6 Å². The standard InChI is InChI=1S/C29H32N2O3S/c1-17(32)23-13-29(14-23)15-24(16-29)31-28(33)27-19(3)35-18(2)25(27)11-20-5-7-21(8-6-20)22-9-10-30-26(12-22)34-4/h5-10,12,23-24H,11,13-16H2,1-4H3,(H,31,33). The van der Waals surface area contributed by atoms with Crippen LogP contribution in [0.1, 0.15) is 63.8 Å². The van der Waals surface area contributed by atoms with Gasteiger partial charge >= 0.3 is 0 Å². The predicted molar refractivity (Wildman–Crippen MR) is 139 cm³/mol. The van der Waals surface area contributed by atoms with Crippen LogP contribution in [0, 0.1) is 25.2 Å². The lowest BCUT2D eigenvalue weighted by Crippen LogP contribution is -2.57. The highest BCUT2D eigenvalue weighted by molar-refractivity contribution is 7.12. The average molecular weight is 489 g/mol. The maximum Gasteiger partial charge on any atom is 0.252 e. The number of Topliss-reactive ketones (excluding diaryl/α,β-unsaturated/α-hetero) is 1. The molecule has 1 amide bonds. The van der Waals surface area contributed by atoms with E-state index in [2.05, 4.69) is 41.5 Å². The molecule has 0 aliphatic heterocycles. The first-order valence-electron chi connectivity index (χ1n) is 12.3. The summed E-state index contributed by atoms with van der Waals surface area (Å²) in [5, 5.41) is 3.29.